The lowest BCUT2D eigenvalue weighted by Gasteiger charge is -2.22. The third-order valence-electron chi connectivity index (χ3n) is 7.07. The van der Waals surface area contributed by atoms with Crippen LogP contribution in [0, 0.1) is 31.5 Å². The van der Waals surface area contributed by atoms with Gasteiger partial charge in [0.25, 0.3) is 5.91 Å². The first-order valence-corrected chi connectivity index (χ1v) is 11.6. The van der Waals surface area contributed by atoms with Crippen LogP contribution in [-0.4, -0.2) is 56.3 Å². The molecule has 2 aliphatic rings. The van der Waals surface area contributed by atoms with E-state index in [2.05, 4.69) is 19.9 Å². The fourth-order valence-electron chi connectivity index (χ4n) is 5.37. The number of anilines is 1. The third-order valence-corrected chi connectivity index (χ3v) is 7.07. The standard InChI is InChI=1S/C26H25FN6O/c1-16-24(27)17(2)30-26(29-16)33-13-18-11-32(12-19(18)14-33)25(34)23-20(21-7-3-5-9-28-21)15-31-10-6-4-8-22(23)31/h3-10,15,18-19H,11-14H2,1-2H3/t18-,19+. The Hall–Kier alpha value is -3.81. The minimum absolute atomic E-state index is 0.0417. The smallest absolute Gasteiger partial charge is 0.256 e. The first-order valence-electron chi connectivity index (χ1n) is 11.6. The predicted octanol–water partition coefficient (Wildman–Crippen LogP) is 3.76. The van der Waals surface area contributed by atoms with Crippen LogP contribution in [0.4, 0.5) is 10.3 Å². The normalized spacial score (nSPS) is 19.7. The van der Waals surface area contributed by atoms with E-state index in [1.807, 2.05) is 58.1 Å². The molecule has 0 spiro atoms. The SMILES string of the molecule is Cc1nc(N2C[C@H]3CN(C(=O)c4c(-c5ccccn5)cn5ccccc45)C[C@H]3C2)nc(C)c1F. The van der Waals surface area contributed by atoms with Gasteiger partial charge in [0.05, 0.1) is 28.2 Å². The summed E-state index contributed by atoms with van der Waals surface area (Å²) in [5, 5.41) is 0. The molecule has 4 aromatic heterocycles. The van der Waals surface area contributed by atoms with Gasteiger partial charge in [0.2, 0.25) is 5.95 Å². The fourth-order valence-corrected chi connectivity index (χ4v) is 5.37. The number of amides is 1. The van der Waals surface area contributed by atoms with Gasteiger partial charge in [-0.05, 0) is 38.1 Å². The molecule has 172 valence electrons. The molecule has 2 fully saturated rings. The van der Waals surface area contributed by atoms with Gasteiger partial charge in [-0.15, -0.1) is 0 Å². The van der Waals surface area contributed by atoms with Gasteiger partial charge in [0.1, 0.15) is 0 Å². The van der Waals surface area contributed by atoms with Crippen LogP contribution in [0.1, 0.15) is 21.7 Å². The monoisotopic (exact) mass is 456 g/mol. The Morgan fingerprint density at radius 2 is 1.68 bits per heavy atom. The third kappa shape index (κ3) is 3.32. The number of hydrogen-bond donors (Lipinski definition) is 0. The molecule has 0 aliphatic carbocycles. The number of pyridine rings is 2. The van der Waals surface area contributed by atoms with Crippen LogP contribution in [0.2, 0.25) is 0 Å². The molecule has 34 heavy (non-hydrogen) atoms. The Morgan fingerprint density at radius 3 is 2.35 bits per heavy atom. The maximum Gasteiger partial charge on any atom is 0.256 e. The molecule has 2 saturated heterocycles. The van der Waals surface area contributed by atoms with Crippen molar-refractivity contribution in [3.63, 3.8) is 0 Å². The molecule has 8 heteroatoms. The number of nitrogens with zero attached hydrogens (tertiary/aromatic N) is 6. The second-order valence-electron chi connectivity index (χ2n) is 9.27. The van der Waals surface area contributed by atoms with Crippen LogP contribution in [0.25, 0.3) is 16.8 Å². The number of rotatable bonds is 3. The number of aromatic nitrogens is 4. The lowest BCUT2D eigenvalue weighted by molar-refractivity contribution is 0.0785. The van der Waals surface area contributed by atoms with E-state index >= 15 is 0 Å². The summed E-state index contributed by atoms with van der Waals surface area (Å²) in [6.07, 6.45) is 5.70. The fraction of sp³-hybridized carbons (Fsp3) is 0.308. The van der Waals surface area contributed by atoms with Gasteiger partial charge >= 0.3 is 0 Å². The summed E-state index contributed by atoms with van der Waals surface area (Å²) in [5.41, 5.74) is 3.97. The van der Waals surface area contributed by atoms with Gasteiger partial charge in [-0.1, -0.05) is 12.1 Å². The molecule has 0 aromatic carbocycles. The van der Waals surface area contributed by atoms with Crippen molar-refractivity contribution in [2.45, 2.75) is 13.8 Å². The number of likely N-dealkylation sites (tertiary alicyclic amines) is 1. The van der Waals surface area contributed by atoms with Crippen LogP contribution in [0.15, 0.2) is 55.0 Å². The van der Waals surface area contributed by atoms with Crippen LogP contribution in [0.3, 0.4) is 0 Å². The van der Waals surface area contributed by atoms with Crippen molar-refractivity contribution in [3.05, 3.63) is 77.8 Å². The van der Waals surface area contributed by atoms with E-state index in [1.54, 1.807) is 20.0 Å². The largest absolute Gasteiger partial charge is 0.340 e. The molecule has 0 radical (unpaired) electrons. The van der Waals surface area contributed by atoms with Gasteiger partial charge in [0.15, 0.2) is 5.82 Å². The van der Waals surface area contributed by atoms with E-state index in [4.69, 9.17) is 0 Å². The van der Waals surface area contributed by atoms with Gasteiger partial charge < -0.3 is 14.2 Å². The van der Waals surface area contributed by atoms with E-state index in [-0.39, 0.29) is 11.7 Å². The Labute approximate surface area is 196 Å². The Bertz CT molecular complexity index is 1360. The highest BCUT2D eigenvalue weighted by atomic mass is 19.1. The minimum Gasteiger partial charge on any atom is -0.340 e. The van der Waals surface area contributed by atoms with Gasteiger partial charge in [0, 0.05) is 62.2 Å². The molecule has 0 N–H and O–H groups in total. The first-order chi connectivity index (χ1) is 16.5. The highest BCUT2D eigenvalue weighted by Gasteiger charge is 2.43. The molecule has 4 aromatic rings. The summed E-state index contributed by atoms with van der Waals surface area (Å²) in [5.74, 6) is 0.957. The van der Waals surface area contributed by atoms with Crippen LogP contribution >= 0.6 is 0 Å². The minimum atomic E-state index is -0.344. The first kappa shape index (κ1) is 20.8. The van der Waals surface area contributed by atoms with Crippen molar-refractivity contribution in [3.8, 4) is 11.3 Å². The molecule has 0 unspecified atom stereocenters. The second-order valence-corrected chi connectivity index (χ2v) is 9.27. The highest BCUT2D eigenvalue weighted by molar-refractivity contribution is 6.07. The zero-order chi connectivity index (χ0) is 23.4. The van der Waals surface area contributed by atoms with Crippen molar-refractivity contribution in [1.82, 2.24) is 24.3 Å². The van der Waals surface area contributed by atoms with Crippen molar-refractivity contribution in [2.24, 2.45) is 11.8 Å². The average Bonchev–Trinajstić information content (AvgIpc) is 3.54. The molecule has 2 aliphatic heterocycles. The van der Waals surface area contributed by atoms with E-state index in [0.29, 0.717) is 47.8 Å². The number of hydrogen-bond acceptors (Lipinski definition) is 5. The molecule has 7 nitrogen and oxygen atoms in total. The molecule has 2 atom stereocenters. The van der Waals surface area contributed by atoms with E-state index in [1.165, 1.54) is 0 Å². The average molecular weight is 457 g/mol. The quantitative estimate of drug-likeness (QED) is 0.470. The molecule has 6 heterocycles. The summed E-state index contributed by atoms with van der Waals surface area (Å²) in [6, 6.07) is 11.7. The van der Waals surface area contributed by atoms with Crippen LogP contribution in [0.5, 0.6) is 0 Å². The summed E-state index contributed by atoms with van der Waals surface area (Å²) in [7, 11) is 0. The summed E-state index contributed by atoms with van der Waals surface area (Å²) < 4.78 is 16.0. The molecular formula is C26H25FN6O. The molecular weight excluding hydrogens is 431 g/mol. The summed E-state index contributed by atoms with van der Waals surface area (Å²) in [6.45, 7) is 6.25. The maximum atomic E-state index is 14.0. The summed E-state index contributed by atoms with van der Waals surface area (Å²) in [4.78, 5) is 31.2. The number of aryl methyl sites for hydroxylation is 2. The van der Waals surface area contributed by atoms with Gasteiger partial charge in [-0.3, -0.25) is 9.78 Å². The topological polar surface area (TPSA) is 66.6 Å². The maximum absolute atomic E-state index is 14.0. The number of fused-ring (bicyclic) bond motifs is 2. The van der Waals surface area contributed by atoms with E-state index in [0.717, 1.165) is 29.9 Å². The van der Waals surface area contributed by atoms with E-state index < -0.39 is 0 Å². The molecule has 6 rings (SSSR count). The van der Waals surface area contributed by atoms with Gasteiger partial charge in [-0.2, -0.15) is 0 Å². The van der Waals surface area contributed by atoms with Crippen LogP contribution < -0.4 is 4.90 Å². The van der Waals surface area contributed by atoms with Crippen molar-refractivity contribution >= 4 is 17.4 Å². The number of halogens is 1. The Balaban J connectivity index is 1.26. The second kappa shape index (κ2) is 7.90. The lowest BCUT2D eigenvalue weighted by atomic mass is 10.0. The molecule has 0 saturated carbocycles. The van der Waals surface area contributed by atoms with Crippen molar-refractivity contribution in [1.29, 1.82) is 0 Å². The molecule has 1 amide bonds. The predicted molar refractivity (Wildman–Crippen MR) is 127 cm³/mol. The zero-order valence-electron chi connectivity index (χ0n) is 19.1. The van der Waals surface area contributed by atoms with Crippen LogP contribution in [-0.2, 0) is 0 Å². The molecule has 0 bridgehead atoms. The summed E-state index contributed by atoms with van der Waals surface area (Å²) >= 11 is 0. The zero-order valence-corrected chi connectivity index (χ0v) is 19.1. The van der Waals surface area contributed by atoms with E-state index in [9.17, 15) is 9.18 Å². The Kier molecular flexibility index (Phi) is 4.83. The van der Waals surface area contributed by atoms with Crippen molar-refractivity contribution < 1.29 is 9.18 Å². The van der Waals surface area contributed by atoms with Crippen molar-refractivity contribution in [2.75, 3.05) is 31.1 Å². The number of carbonyl (C=O) groups excluding carboxylic acids is 1. The van der Waals surface area contributed by atoms with Gasteiger partial charge in [-0.25, -0.2) is 14.4 Å². The lowest BCUT2D eigenvalue weighted by Crippen LogP contribution is -2.34. The highest BCUT2D eigenvalue weighted by Crippen LogP contribution is 2.36. The number of carbonyl (C=O) groups is 1. The Morgan fingerprint density at radius 1 is 0.971 bits per heavy atom.